The molecule has 0 bridgehead atoms. The fourth-order valence-electron chi connectivity index (χ4n) is 4.72. The van der Waals surface area contributed by atoms with Gasteiger partial charge < -0.3 is 21.3 Å². The molecule has 0 saturated carbocycles. The first kappa shape index (κ1) is 27.4. The molecule has 2 aromatic carbocycles. The molecule has 10 nitrogen and oxygen atoms in total. The zero-order valence-electron chi connectivity index (χ0n) is 22.4. The molecule has 1 aliphatic heterocycles. The zero-order chi connectivity index (χ0) is 28.1. The van der Waals surface area contributed by atoms with Gasteiger partial charge in [-0.25, -0.2) is 0 Å². The van der Waals surface area contributed by atoms with E-state index in [0.29, 0.717) is 36.7 Å². The van der Waals surface area contributed by atoms with Crippen molar-refractivity contribution in [3.8, 4) is 0 Å². The number of benzene rings is 2. The Morgan fingerprint density at radius 1 is 1.18 bits per heavy atom. The summed E-state index contributed by atoms with van der Waals surface area (Å²) in [6, 6.07) is 13.0. The topological polar surface area (TPSA) is 143 Å². The molecule has 202 valence electrons. The van der Waals surface area contributed by atoms with Crippen LogP contribution in [0.1, 0.15) is 63.7 Å². The number of carbonyl (C=O) groups is 3. The standard InChI is InChI=1S/C29H33N7O3/c1-5-25(38)36-12-11-22(16-36)32-29-33-28(26(27(30)39)34-35-29)31-21-8-6-7-20(15-21)24(37)14-19-9-10-23(17(2)3)18(4)13-19/h5-10,13,15,17,22H,1,11-12,14,16H2,2-4H3,(H2,30,39)(H2,31,32,33,35)/t22-/m0/s1. The number of aryl methyl sites for hydroxylation is 1. The number of aromatic nitrogens is 3. The van der Waals surface area contributed by atoms with Crippen LogP contribution in [0.3, 0.4) is 0 Å². The number of likely N-dealkylation sites (tertiary alicyclic amines) is 1. The van der Waals surface area contributed by atoms with E-state index in [0.717, 1.165) is 5.56 Å². The molecule has 2 amide bonds. The smallest absolute Gasteiger partial charge is 0.273 e. The van der Waals surface area contributed by atoms with Crippen LogP contribution in [0.2, 0.25) is 0 Å². The summed E-state index contributed by atoms with van der Waals surface area (Å²) in [5.41, 5.74) is 9.83. The molecule has 0 spiro atoms. The Balaban J connectivity index is 1.49. The second kappa shape index (κ2) is 11.8. The molecule has 0 aliphatic carbocycles. The van der Waals surface area contributed by atoms with Crippen molar-refractivity contribution in [1.82, 2.24) is 20.1 Å². The maximum absolute atomic E-state index is 13.1. The van der Waals surface area contributed by atoms with Crippen LogP contribution in [0.4, 0.5) is 17.5 Å². The van der Waals surface area contributed by atoms with E-state index in [1.807, 2.05) is 6.07 Å². The van der Waals surface area contributed by atoms with Crippen molar-refractivity contribution in [3.63, 3.8) is 0 Å². The molecule has 3 aromatic rings. The van der Waals surface area contributed by atoms with Crippen LogP contribution in [-0.4, -0.2) is 56.8 Å². The van der Waals surface area contributed by atoms with Crippen LogP contribution >= 0.6 is 0 Å². The predicted octanol–water partition coefficient (Wildman–Crippen LogP) is 3.77. The summed E-state index contributed by atoms with van der Waals surface area (Å²) in [7, 11) is 0. The van der Waals surface area contributed by atoms with Crippen LogP contribution in [0, 0.1) is 6.92 Å². The Labute approximate surface area is 227 Å². The minimum absolute atomic E-state index is 0.0338. The van der Waals surface area contributed by atoms with Gasteiger partial charge in [0.05, 0.1) is 0 Å². The van der Waals surface area contributed by atoms with Crippen molar-refractivity contribution in [2.24, 2.45) is 5.73 Å². The van der Waals surface area contributed by atoms with Gasteiger partial charge in [0, 0.05) is 36.8 Å². The minimum atomic E-state index is -0.792. The van der Waals surface area contributed by atoms with Crippen LogP contribution in [0.15, 0.2) is 55.1 Å². The number of hydrogen-bond acceptors (Lipinski definition) is 8. The van der Waals surface area contributed by atoms with E-state index in [-0.39, 0.29) is 41.6 Å². The van der Waals surface area contributed by atoms with Gasteiger partial charge in [0.25, 0.3) is 5.91 Å². The molecule has 1 aliphatic rings. The highest BCUT2D eigenvalue weighted by Gasteiger charge is 2.26. The van der Waals surface area contributed by atoms with Gasteiger partial charge >= 0.3 is 0 Å². The maximum atomic E-state index is 13.1. The van der Waals surface area contributed by atoms with Gasteiger partial charge in [0.2, 0.25) is 11.9 Å². The Morgan fingerprint density at radius 3 is 2.67 bits per heavy atom. The van der Waals surface area contributed by atoms with Crippen LogP contribution in [0.5, 0.6) is 0 Å². The van der Waals surface area contributed by atoms with Gasteiger partial charge in [-0.3, -0.25) is 14.4 Å². The van der Waals surface area contributed by atoms with Gasteiger partial charge in [0.1, 0.15) is 0 Å². The summed E-state index contributed by atoms with van der Waals surface area (Å²) in [6.07, 6.45) is 2.25. The summed E-state index contributed by atoms with van der Waals surface area (Å²) in [5, 5.41) is 14.1. The average molecular weight is 528 g/mol. The summed E-state index contributed by atoms with van der Waals surface area (Å²) in [6.45, 7) is 10.9. The molecule has 2 heterocycles. The largest absolute Gasteiger partial charge is 0.364 e. The molecule has 10 heteroatoms. The maximum Gasteiger partial charge on any atom is 0.273 e. The predicted molar refractivity (Wildman–Crippen MR) is 150 cm³/mol. The molecule has 1 fully saturated rings. The van der Waals surface area contributed by atoms with Gasteiger partial charge in [-0.15, -0.1) is 10.2 Å². The van der Waals surface area contributed by atoms with Crippen molar-refractivity contribution >= 4 is 35.1 Å². The quantitative estimate of drug-likeness (QED) is 0.267. The number of anilines is 3. The molecule has 0 radical (unpaired) electrons. The first-order valence-corrected chi connectivity index (χ1v) is 12.9. The molecule has 39 heavy (non-hydrogen) atoms. The van der Waals surface area contributed by atoms with Gasteiger partial charge in [-0.05, 0) is 54.2 Å². The molecule has 4 rings (SSSR count). The molecular weight excluding hydrogens is 494 g/mol. The third kappa shape index (κ3) is 6.64. The minimum Gasteiger partial charge on any atom is -0.364 e. The number of Topliss-reactive ketones (excluding diaryl/α,β-unsaturated/α-hetero) is 1. The van der Waals surface area contributed by atoms with Crippen molar-refractivity contribution in [1.29, 1.82) is 0 Å². The van der Waals surface area contributed by atoms with E-state index in [9.17, 15) is 14.4 Å². The number of rotatable bonds is 10. The van der Waals surface area contributed by atoms with E-state index in [2.05, 4.69) is 65.3 Å². The van der Waals surface area contributed by atoms with E-state index in [1.165, 1.54) is 17.2 Å². The zero-order valence-corrected chi connectivity index (χ0v) is 22.4. The molecule has 0 unspecified atom stereocenters. The molecule has 4 N–H and O–H groups in total. The highest BCUT2D eigenvalue weighted by molar-refractivity contribution is 5.99. The number of ketones is 1. The molecule has 1 atom stereocenters. The van der Waals surface area contributed by atoms with Crippen molar-refractivity contribution in [3.05, 3.63) is 83.1 Å². The Bertz CT molecular complexity index is 1420. The third-order valence-electron chi connectivity index (χ3n) is 6.70. The normalized spacial score (nSPS) is 14.8. The highest BCUT2D eigenvalue weighted by Crippen LogP contribution is 2.23. The van der Waals surface area contributed by atoms with E-state index in [4.69, 9.17) is 5.73 Å². The molecule has 1 saturated heterocycles. The van der Waals surface area contributed by atoms with Crippen molar-refractivity contribution < 1.29 is 14.4 Å². The Kier molecular flexibility index (Phi) is 8.33. The van der Waals surface area contributed by atoms with Crippen LogP contribution < -0.4 is 16.4 Å². The number of nitrogens with zero attached hydrogens (tertiary/aromatic N) is 4. The molecular formula is C29H33N7O3. The average Bonchev–Trinajstić information content (AvgIpc) is 3.36. The van der Waals surface area contributed by atoms with Crippen LogP contribution in [-0.2, 0) is 11.2 Å². The first-order chi connectivity index (χ1) is 18.6. The van der Waals surface area contributed by atoms with Crippen molar-refractivity contribution in [2.45, 2.75) is 45.6 Å². The monoisotopic (exact) mass is 527 g/mol. The van der Waals surface area contributed by atoms with E-state index >= 15 is 0 Å². The SMILES string of the molecule is C=CC(=O)N1CC[C@H](Nc2nnc(C(N)=O)c(Nc3cccc(C(=O)Cc4ccc(C(C)C)c(C)c4)c3)n2)C1. The second-order valence-corrected chi connectivity index (χ2v) is 9.97. The fourth-order valence-corrected chi connectivity index (χ4v) is 4.72. The lowest BCUT2D eigenvalue weighted by atomic mass is 9.94. The van der Waals surface area contributed by atoms with Crippen molar-refractivity contribution in [2.75, 3.05) is 23.7 Å². The van der Waals surface area contributed by atoms with Gasteiger partial charge in [-0.1, -0.05) is 50.8 Å². The summed E-state index contributed by atoms with van der Waals surface area (Å²) < 4.78 is 0. The summed E-state index contributed by atoms with van der Waals surface area (Å²) >= 11 is 0. The number of primary amides is 1. The van der Waals surface area contributed by atoms with E-state index in [1.54, 1.807) is 29.2 Å². The fraction of sp³-hybridized carbons (Fsp3) is 0.310. The van der Waals surface area contributed by atoms with Crippen LogP contribution in [0.25, 0.3) is 0 Å². The lowest BCUT2D eigenvalue weighted by Gasteiger charge is -2.16. The highest BCUT2D eigenvalue weighted by atomic mass is 16.2. The van der Waals surface area contributed by atoms with Gasteiger partial charge in [-0.2, -0.15) is 4.98 Å². The number of hydrogen-bond donors (Lipinski definition) is 3. The number of carbonyl (C=O) groups excluding carboxylic acids is 3. The first-order valence-electron chi connectivity index (χ1n) is 12.9. The lowest BCUT2D eigenvalue weighted by Crippen LogP contribution is -2.30. The summed E-state index contributed by atoms with van der Waals surface area (Å²) in [4.78, 5) is 43.0. The second-order valence-electron chi connectivity index (χ2n) is 9.97. The Morgan fingerprint density at radius 2 is 1.97 bits per heavy atom. The van der Waals surface area contributed by atoms with Gasteiger partial charge in [0.15, 0.2) is 17.3 Å². The number of amides is 2. The number of nitrogens with one attached hydrogen (secondary N) is 2. The summed E-state index contributed by atoms with van der Waals surface area (Å²) in [5.74, 6) is -0.242. The molecule has 1 aromatic heterocycles. The third-order valence-corrected chi connectivity index (χ3v) is 6.70. The van der Waals surface area contributed by atoms with E-state index < -0.39 is 5.91 Å². The number of nitrogens with two attached hydrogens (primary N) is 1. The Hall–Kier alpha value is -4.60. The lowest BCUT2D eigenvalue weighted by molar-refractivity contribution is -0.125.